The van der Waals surface area contributed by atoms with Crippen molar-refractivity contribution in [2.24, 2.45) is 0 Å². The van der Waals surface area contributed by atoms with Gasteiger partial charge in [-0.05, 0) is 38.8 Å². The Balaban J connectivity index is 2.66. The molecule has 1 atom stereocenters. The molecule has 0 aromatic heterocycles. The molecule has 0 aromatic carbocycles. The SMILES string of the molecule is C/C=C\C1=C(CC)CC(NC)C1. The van der Waals surface area contributed by atoms with Gasteiger partial charge in [-0.3, -0.25) is 0 Å². The lowest BCUT2D eigenvalue weighted by molar-refractivity contribution is 0.587. The molecule has 1 unspecified atom stereocenters. The molecule has 1 nitrogen and oxygen atoms in total. The third-order valence-electron chi connectivity index (χ3n) is 2.62. The van der Waals surface area contributed by atoms with Crippen molar-refractivity contribution in [3.63, 3.8) is 0 Å². The molecule has 0 saturated carbocycles. The Labute approximate surface area is 75.6 Å². The molecule has 0 aromatic rings. The molecule has 1 N–H and O–H groups in total. The summed E-state index contributed by atoms with van der Waals surface area (Å²) in [5.41, 5.74) is 3.19. The van der Waals surface area contributed by atoms with Crippen LogP contribution in [0.2, 0.25) is 0 Å². The van der Waals surface area contributed by atoms with Gasteiger partial charge in [-0.25, -0.2) is 0 Å². The fourth-order valence-corrected chi connectivity index (χ4v) is 1.87. The molecule has 1 aliphatic rings. The Kier molecular flexibility index (Phi) is 3.54. The first-order valence-corrected chi connectivity index (χ1v) is 4.82. The van der Waals surface area contributed by atoms with Crippen molar-refractivity contribution in [2.75, 3.05) is 7.05 Å². The topological polar surface area (TPSA) is 12.0 Å². The zero-order valence-electron chi connectivity index (χ0n) is 8.35. The second kappa shape index (κ2) is 4.46. The van der Waals surface area contributed by atoms with Crippen LogP contribution in [-0.2, 0) is 0 Å². The van der Waals surface area contributed by atoms with E-state index in [4.69, 9.17) is 0 Å². The minimum absolute atomic E-state index is 0.686. The molecule has 1 rings (SSSR count). The number of allylic oxidation sites excluding steroid dienone is 2. The predicted octanol–water partition coefficient (Wildman–Crippen LogP) is 2.65. The van der Waals surface area contributed by atoms with Crippen LogP contribution in [0.4, 0.5) is 0 Å². The van der Waals surface area contributed by atoms with Crippen LogP contribution < -0.4 is 5.32 Å². The molecule has 0 bridgehead atoms. The summed E-state index contributed by atoms with van der Waals surface area (Å²) in [6.07, 6.45) is 8.06. The third kappa shape index (κ3) is 1.98. The molecule has 0 saturated heterocycles. The van der Waals surface area contributed by atoms with Gasteiger partial charge in [-0.15, -0.1) is 0 Å². The Morgan fingerprint density at radius 3 is 2.75 bits per heavy atom. The maximum Gasteiger partial charge on any atom is 0.0142 e. The number of hydrogen-bond donors (Lipinski definition) is 1. The lowest BCUT2D eigenvalue weighted by atomic mass is 10.1. The maximum atomic E-state index is 3.34. The molecule has 0 spiro atoms. The van der Waals surface area contributed by atoms with E-state index in [1.54, 1.807) is 11.1 Å². The average Bonchev–Trinajstić information content (AvgIpc) is 2.48. The quantitative estimate of drug-likeness (QED) is 0.678. The zero-order valence-corrected chi connectivity index (χ0v) is 8.35. The van der Waals surface area contributed by atoms with Gasteiger partial charge >= 0.3 is 0 Å². The average molecular weight is 165 g/mol. The summed E-state index contributed by atoms with van der Waals surface area (Å²) in [5, 5.41) is 3.34. The Hall–Kier alpha value is -0.560. The minimum atomic E-state index is 0.686. The molecule has 0 radical (unpaired) electrons. The van der Waals surface area contributed by atoms with E-state index in [0.29, 0.717) is 6.04 Å². The number of rotatable bonds is 3. The minimum Gasteiger partial charge on any atom is -0.316 e. The second-order valence-corrected chi connectivity index (χ2v) is 3.38. The first-order chi connectivity index (χ1) is 5.81. The van der Waals surface area contributed by atoms with Crippen molar-refractivity contribution in [1.82, 2.24) is 5.32 Å². The third-order valence-corrected chi connectivity index (χ3v) is 2.62. The molecular weight excluding hydrogens is 146 g/mol. The van der Waals surface area contributed by atoms with Gasteiger partial charge in [0, 0.05) is 6.04 Å². The molecule has 0 fully saturated rings. The summed E-state index contributed by atoms with van der Waals surface area (Å²) in [6.45, 7) is 4.34. The normalized spacial score (nSPS) is 24.4. The van der Waals surface area contributed by atoms with E-state index in [1.807, 2.05) is 0 Å². The van der Waals surface area contributed by atoms with Crippen molar-refractivity contribution in [3.05, 3.63) is 23.3 Å². The van der Waals surface area contributed by atoms with E-state index in [2.05, 4.69) is 38.4 Å². The highest BCUT2D eigenvalue weighted by atomic mass is 14.9. The molecule has 1 aliphatic carbocycles. The highest BCUT2D eigenvalue weighted by Gasteiger charge is 2.19. The van der Waals surface area contributed by atoms with Crippen LogP contribution in [0.25, 0.3) is 0 Å². The Morgan fingerprint density at radius 1 is 1.50 bits per heavy atom. The van der Waals surface area contributed by atoms with Crippen LogP contribution in [0.5, 0.6) is 0 Å². The highest BCUT2D eigenvalue weighted by molar-refractivity contribution is 5.31. The van der Waals surface area contributed by atoms with Crippen molar-refractivity contribution >= 4 is 0 Å². The fourth-order valence-electron chi connectivity index (χ4n) is 1.87. The van der Waals surface area contributed by atoms with Gasteiger partial charge in [0.05, 0.1) is 0 Å². The summed E-state index contributed by atoms with van der Waals surface area (Å²) in [4.78, 5) is 0. The van der Waals surface area contributed by atoms with E-state index < -0.39 is 0 Å². The molecule has 68 valence electrons. The summed E-state index contributed by atoms with van der Waals surface area (Å²) < 4.78 is 0. The van der Waals surface area contributed by atoms with Crippen LogP contribution in [0.1, 0.15) is 33.1 Å². The second-order valence-electron chi connectivity index (χ2n) is 3.38. The van der Waals surface area contributed by atoms with Crippen LogP contribution >= 0.6 is 0 Å². The molecule has 0 amide bonds. The van der Waals surface area contributed by atoms with E-state index in [9.17, 15) is 0 Å². The molecule has 1 heteroatoms. The maximum absolute atomic E-state index is 3.34. The Morgan fingerprint density at radius 2 is 2.25 bits per heavy atom. The van der Waals surface area contributed by atoms with Crippen molar-refractivity contribution < 1.29 is 0 Å². The lowest BCUT2D eigenvalue weighted by Gasteiger charge is -2.06. The highest BCUT2D eigenvalue weighted by Crippen LogP contribution is 2.29. The fraction of sp³-hybridized carbons (Fsp3) is 0.636. The van der Waals surface area contributed by atoms with Crippen LogP contribution in [-0.4, -0.2) is 13.1 Å². The molecule has 0 heterocycles. The Bertz CT molecular complexity index is 201. The van der Waals surface area contributed by atoms with E-state index in [1.165, 1.54) is 19.3 Å². The van der Waals surface area contributed by atoms with Crippen LogP contribution in [0.3, 0.4) is 0 Å². The van der Waals surface area contributed by atoms with E-state index in [0.717, 1.165) is 0 Å². The zero-order chi connectivity index (χ0) is 8.97. The van der Waals surface area contributed by atoms with Crippen LogP contribution in [0.15, 0.2) is 23.3 Å². The summed E-state index contributed by atoms with van der Waals surface area (Å²) in [5.74, 6) is 0. The van der Waals surface area contributed by atoms with Gasteiger partial charge in [0.25, 0.3) is 0 Å². The molecule has 0 aliphatic heterocycles. The van der Waals surface area contributed by atoms with Gasteiger partial charge in [0.1, 0.15) is 0 Å². The van der Waals surface area contributed by atoms with Gasteiger partial charge in [0.2, 0.25) is 0 Å². The van der Waals surface area contributed by atoms with Gasteiger partial charge < -0.3 is 5.32 Å². The summed E-state index contributed by atoms with van der Waals surface area (Å²) in [6, 6.07) is 0.686. The lowest BCUT2D eigenvalue weighted by Crippen LogP contribution is -2.21. The van der Waals surface area contributed by atoms with Crippen molar-refractivity contribution in [3.8, 4) is 0 Å². The first kappa shape index (κ1) is 9.53. The van der Waals surface area contributed by atoms with Gasteiger partial charge in [0.15, 0.2) is 0 Å². The van der Waals surface area contributed by atoms with Crippen molar-refractivity contribution in [2.45, 2.75) is 39.2 Å². The molecule has 12 heavy (non-hydrogen) atoms. The number of hydrogen-bond acceptors (Lipinski definition) is 1. The standard InChI is InChI=1S/C11H19N/c1-4-6-10-8-11(12-3)7-9(10)5-2/h4,6,11-12H,5,7-8H2,1-3H3/b6-4-. The predicted molar refractivity (Wildman–Crippen MR) is 54.2 cm³/mol. The van der Waals surface area contributed by atoms with Crippen LogP contribution in [0, 0.1) is 0 Å². The number of nitrogens with one attached hydrogen (secondary N) is 1. The smallest absolute Gasteiger partial charge is 0.0142 e. The summed E-state index contributed by atoms with van der Waals surface area (Å²) in [7, 11) is 2.05. The summed E-state index contributed by atoms with van der Waals surface area (Å²) >= 11 is 0. The molecular formula is C11H19N. The van der Waals surface area contributed by atoms with Gasteiger partial charge in [-0.1, -0.05) is 24.6 Å². The monoisotopic (exact) mass is 165 g/mol. The van der Waals surface area contributed by atoms with E-state index in [-0.39, 0.29) is 0 Å². The van der Waals surface area contributed by atoms with Gasteiger partial charge in [-0.2, -0.15) is 0 Å². The largest absolute Gasteiger partial charge is 0.316 e. The first-order valence-electron chi connectivity index (χ1n) is 4.82. The van der Waals surface area contributed by atoms with E-state index >= 15 is 0 Å². The van der Waals surface area contributed by atoms with Crippen molar-refractivity contribution in [1.29, 1.82) is 0 Å².